The van der Waals surface area contributed by atoms with Gasteiger partial charge in [-0.1, -0.05) is 0 Å². The topological polar surface area (TPSA) is 49.4 Å². The molecule has 0 aliphatic carbocycles. The van der Waals surface area contributed by atoms with Crippen molar-refractivity contribution in [3.63, 3.8) is 0 Å². The Labute approximate surface area is 88.7 Å². The summed E-state index contributed by atoms with van der Waals surface area (Å²) in [4.78, 5) is 0. The first-order valence-corrected chi connectivity index (χ1v) is 6.39. The Balaban J connectivity index is 2.63. The molecular formula is C8H16F2N2O2S. The Bertz CT molecular complexity index is 289. The molecule has 0 aromatic heterocycles. The smallest absolute Gasteiger partial charge is 0.252 e. The van der Waals surface area contributed by atoms with Crippen LogP contribution in [0.15, 0.2) is 0 Å². The monoisotopic (exact) mass is 242 g/mol. The predicted molar refractivity (Wildman–Crippen MR) is 53.4 cm³/mol. The zero-order valence-electron chi connectivity index (χ0n) is 8.62. The van der Waals surface area contributed by atoms with Gasteiger partial charge >= 0.3 is 0 Å². The molecule has 1 saturated heterocycles. The van der Waals surface area contributed by atoms with Crippen molar-refractivity contribution in [2.45, 2.75) is 24.5 Å². The van der Waals surface area contributed by atoms with Gasteiger partial charge in [0.2, 0.25) is 10.0 Å². The van der Waals surface area contributed by atoms with Crippen molar-refractivity contribution in [1.82, 2.24) is 9.62 Å². The number of rotatable bonds is 4. The van der Waals surface area contributed by atoms with E-state index < -0.39 is 28.2 Å². The fourth-order valence-corrected chi connectivity index (χ4v) is 3.31. The molecule has 1 rings (SSSR count). The van der Waals surface area contributed by atoms with Crippen LogP contribution in [0.2, 0.25) is 0 Å². The molecule has 1 N–H and O–H groups in total. The largest absolute Gasteiger partial charge is 0.317 e. The number of sulfonamides is 1. The van der Waals surface area contributed by atoms with Crippen LogP contribution in [0.25, 0.3) is 0 Å². The van der Waals surface area contributed by atoms with Gasteiger partial charge in [0.05, 0.1) is 11.8 Å². The zero-order valence-corrected chi connectivity index (χ0v) is 9.43. The average Bonchev–Trinajstić information content (AvgIpc) is 2.18. The summed E-state index contributed by atoms with van der Waals surface area (Å²) >= 11 is 0. The van der Waals surface area contributed by atoms with Crippen LogP contribution in [0.3, 0.4) is 0 Å². The molecule has 0 saturated carbocycles. The second-order valence-electron chi connectivity index (χ2n) is 3.67. The quantitative estimate of drug-likeness (QED) is 0.769. The lowest BCUT2D eigenvalue weighted by molar-refractivity contribution is 0.126. The van der Waals surface area contributed by atoms with Crippen LogP contribution in [-0.2, 0) is 10.0 Å². The van der Waals surface area contributed by atoms with Gasteiger partial charge in [-0.15, -0.1) is 0 Å². The van der Waals surface area contributed by atoms with Crippen LogP contribution in [0.4, 0.5) is 8.78 Å². The highest BCUT2D eigenvalue weighted by molar-refractivity contribution is 7.89. The highest BCUT2D eigenvalue weighted by Crippen LogP contribution is 2.17. The average molecular weight is 242 g/mol. The molecule has 0 amide bonds. The van der Waals surface area contributed by atoms with Crippen molar-refractivity contribution < 1.29 is 17.2 Å². The molecule has 90 valence electrons. The van der Waals surface area contributed by atoms with E-state index >= 15 is 0 Å². The predicted octanol–water partition coefficient (Wildman–Crippen LogP) is 0.265. The summed E-state index contributed by atoms with van der Waals surface area (Å²) in [5.41, 5.74) is 0. The number of nitrogens with zero attached hydrogens (tertiary/aromatic N) is 1. The van der Waals surface area contributed by atoms with E-state index in [0.29, 0.717) is 25.9 Å². The van der Waals surface area contributed by atoms with Crippen molar-refractivity contribution in [2.24, 2.45) is 0 Å². The third-order valence-electron chi connectivity index (χ3n) is 2.54. The van der Waals surface area contributed by atoms with E-state index in [1.807, 2.05) is 0 Å². The van der Waals surface area contributed by atoms with Crippen LogP contribution in [0.1, 0.15) is 12.8 Å². The van der Waals surface area contributed by atoms with Crippen molar-refractivity contribution in [2.75, 3.05) is 26.7 Å². The summed E-state index contributed by atoms with van der Waals surface area (Å²) in [6.45, 7) is 0.547. The molecule has 1 aliphatic heterocycles. The van der Waals surface area contributed by atoms with Crippen molar-refractivity contribution in [3.8, 4) is 0 Å². The van der Waals surface area contributed by atoms with Crippen LogP contribution in [0.5, 0.6) is 0 Å². The molecule has 15 heavy (non-hydrogen) atoms. The highest BCUT2D eigenvalue weighted by atomic mass is 32.2. The maximum Gasteiger partial charge on any atom is 0.252 e. The number of hydrogen-bond donors (Lipinski definition) is 1. The molecule has 0 aromatic rings. The van der Waals surface area contributed by atoms with Gasteiger partial charge in [0.1, 0.15) is 0 Å². The first-order chi connectivity index (χ1) is 6.94. The van der Waals surface area contributed by atoms with Crippen molar-refractivity contribution in [3.05, 3.63) is 0 Å². The van der Waals surface area contributed by atoms with E-state index in [-0.39, 0.29) is 0 Å². The van der Waals surface area contributed by atoms with Crippen LogP contribution < -0.4 is 5.32 Å². The van der Waals surface area contributed by atoms with Gasteiger partial charge in [0.15, 0.2) is 0 Å². The van der Waals surface area contributed by atoms with Gasteiger partial charge in [-0.3, -0.25) is 0 Å². The first-order valence-electron chi connectivity index (χ1n) is 4.88. The van der Waals surface area contributed by atoms with E-state index in [0.717, 1.165) is 4.31 Å². The SMILES string of the molecule is CN(CC(F)F)S(=O)(=O)C1CCNCC1. The second-order valence-corrected chi connectivity index (χ2v) is 5.99. The fraction of sp³-hybridized carbons (Fsp3) is 1.00. The fourth-order valence-electron chi connectivity index (χ4n) is 1.65. The summed E-state index contributed by atoms with van der Waals surface area (Å²) in [7, 11) is -2.33. The Hall–Kier alpha value is -0.270. The van der Waals surface area contributed by atoms with Crippen LogP contribution >= 0.6 is 0 Å². The normalized spacial score (nSPS) is 20.1. The highest BCUT2D eigenvalue weighted by Gasteiger charge is 2.31. The van der Waals surface area contributed by atoms with Crippen LogP contribution in [-0.4, -0.2) is 51.1 Å². The maximum absolute atomic E-state index is 12.1. The summed E-state index contributed by atoms with van der Waals surface area (Å²) < 4.78 is 48.5. The lowest BCUT2D eigenvalue weighted by Gasteiger charge is -2.27. The maximum atomic E-state index is 12.1. The molecular weight excluding hydrogens is 226 g/mol. The molecule has 0 spiro atoms. The molecule has 0 radical (unpaired) electrons. The van der Waals surface area contributed by atoms with Gasteiger partial charge in [0.25, 0.3) is 6.43 Å². The van der Waals surface area contributed by atoms with E-state index in [4.69, 9.17) is 0 Å². The van der Waals surface area contributed by atoms with Crippen molar-refractivity contribution >= 4 is 10.0 Å². The van der Waals surface area contributed by atoms with Gasteiger partial charge < -0.3 is 5.32 Å². The first kappa shape index (κ1) is 12.8. The molecule has 0 aromatic carbocycles. The minimum absolute atomic E-state index is 0.496. The van der Waals surface area contributed by atoms with E-state index in [1.54, 1.807) is 0 Å². The van der Waals surface area contributed by atoms with Gasteiger partial charge in [-0.05, 0) is 25.9 Å². The molecule has 1 aliphatic rings. The lowest BCUT2D eigenvalue weighted by Crippen LogP contribution is -2.43. The van der Waals surface area contributed by atoms with E-state index in [1.165, 1.54) is 7.05 Å². The Morgan fingerprint density at radius 1 is 1.40 bits per heavy atom. The molecule has 4 nitrogen and oxygen atoms in total. The summed E-state index contributed by atoms with van der Waals surface area (Å²) in [6.07, 6.45) is -1.63. The van der Waals surface area contributed by atoms with Crippen LogP contribution in [0, 0.1) is 0 Å². The number of hydrogen-bond acceptors (Lipinski definition) is 3. The number of piperidine rings is 1. The third kappa shape index (κ3) is 3.35. The summed E-state index contributed by atoms with van der Waals surface area (Å²) in [5.74, 6) is 0. The lowest BCUT2D eigenvalue weighted by atomic mass is 10.2. The zero-order chi connectivity index (χ0) is 11.5. The molecule has 0 bridgehead atoms. The number of alkyl halides is 2. The molecule has 1 fully saturated rings. The van der Waals surface area contributed by atoms with Gasteiger partial charge in [0, 0.05) is 7.05 Å². The minimum Gasteiger partial charge on any atom is -0.317 e. The van der Waals surface area contributed by atoms with Crippen molar-refractivity contribution in [1.29, 1.82) is 0 Å². The van der Waals surface area contributed by atoms with Gasteiger partial charge in [-0.2, -0.15) is 4.31 Å². The van der Waals surface area contributed by atoms with Gasteiger partial charge in [-0.25, -0.2) is 17.2 Å². The number of nitrogens with one attached hydrogen (secondary N) is 1. The molecule has 0 atom stereocenters. The number of halogens is 2. The van der Waals surface area contributed by atoms with E-state index in [2.05, 4.69) is 5.32 Å². The summed E-state index contributed by atoms with van der Waals surface area (Å²) in [6, 6.07) is 0. The van der Waals surface area contributed by atoms with E-state index in [9.17, 15) is 17.2 Å². The molecule has 1 heterocycles. The second kappa shape index (κ2) is 5.18. The Morgan fingerprint density at radius 2 is 1.93 bits per heavy atom. The Morgan fingerprint density at radius 3 is 2.40 bits per heavy atom. The third-order valence-corrected chi connectivity index (χ3v) is 4.87. The molecule has 7 heteroatoms. The minimum atomic E-state index is -3.54. The standard InChI is InChI=1S/C8H16F2N2O2S/c1-12(6-8(9)10)15(13,14)7-2-4-11-5-3-7/h7-8,11H,2-6H2,1H3. The summed E-state index contributed by atoms with van der Waals surface area (Å²) in [5, 5.41) is 2.52. The Kier molecular flexibility index (Phi) is 4.42. The molecule has 0 unspecified atom stereocenters.